The largest absolute Gasteiger partial charge is 0.360 e. The Labute approximate surface area is 103 Å². The number of likely N-dealkylation sites (N-methyl/N-ethyl adjacent to an activating group) is 1. The molecule has 0 atom stereocenters. The van der Waals surface area contributed by atoms with Crippen LogP contribution in [0.4, 0.5) is 0 Å². The van der Waals surface area contributed by atoms with Crippen molar-refractivity contribution in [3.05, 3.63) is 0 Å². The van der Waals surface area contributed by atoms with Gasteiger partial charge in [0.1, 0.15) is 13.2 Å². The van der Waals surface area contributed by atoms with Crippen LogP contribution >= 0.6 is 0 Å². The van der Waals surface area contributed by atoms with E-state index in [4.69, 9.17) is 4.74 Å². The van der Waals surface area contributed by atoms with Gasteiger partial charge in [-0.05, 0) is 6.92 Å². The summed E-state index contributed by atoms with van der Waals surface area (Å²) in [6.45, 7) is 1.42. The third kappa shape index (κ3) is 4.13. The molecule has 1 fully saturated rings. The zero-order valence-electron chi connectivity index (χ0n) is 9.93. The molecule has 0 aromatic carbocycles. The fourth-order valence-electron chi connectivity index (χ4n) is 1.26. The molecule has 100 valence electrons. The number of carbonyl (C=O) groups excluding carboxylic acids is 4. The van der Waals surface area contributed by atoms with Crippen LogP contribution in [-0.4, -0.2) is 48.5 Å². The predicted molar refractivity (Wildman–Crippen MR) is 56.7 cm³/mol. The lowest BCUT2D eigenvalue weighted by Crippen LogP contribution is -2.34. The zero-order chi connectivity index (χ0) is 13.5. The molecule has 0 bridgehead atoms. The van der Waals surface area contributed by atoms with Crippen LogP contribution in [0.2, 0.25) is 0 Å². The average Bonchev–Trinajstić information content (AvgIpc) is 2.61. The molecular formula is C10H14N2O6. The first kappa shape index (κ1) is 14.1. The Morgan fingerprint density at radius 3 is 2.39 bits per heavy atom. The van der Waals surface area contributed by atoms with Crippen LogP contribution in [0, 0.1) is 0 Å². The smallest absolute Gasteiger partial charge is 0.358 e. The summed E-state index contributed by atoms with van der Waals surface area (Å²) in [6.07, 6.45) is 0.0672. The van der Waals surface area contributed by atoms with Gasteiger partial charge in [-0.15, -0.1) is 5.06 Å². The highest BCUT2D eigenvalue weighted by atomic mass is 16.7. The molecule has 8 nitrogen and oxygen atoms in total. The molecule has 1 N–H and O–H groups in total. The molecule has 0 radical (unpaired) electrons. The third-order valence-electron chi connectivity index (χ3n) is 2.03. The highest BCUT2D eigenvalue weighted by Gasteiger charge is 2.32. The van der Waals surface area contributed by atoms with Crippen molar-refractivity contribution in [1.82, 2.24) is 10.4 Å². The Morgan fingerprint density at radius 1 is 1.22 bits per heavy atom. The van der Waals surface area contributed by atoms with Gasteiger partial charge in [-0.3, -0.25) is 14.4 Å². The summed E-state index contributed by atoms with van der Waals surface area (Å²) < 4.78 is 4.75. The first-order valence-corrected chi connectivity index (χ1v) is 5.45. The van der Waals surface area contributed by atoms with Crippen molar-refractivity contribution in [2.24, 2.45) is 0 Å². The number of ether oxygens (including phenoxy) is 1. The summed E-state index contributed by atoms with van der Waals surface area (Å²) in [6, 6.07) is 0. The monoisotopic (exact) mass is 258 g/mol. The molecule has 1 aliphatic heterocycles. The van der Waals surface area contributed by atoms with Crippen molar-refractivity contribution in [3.8, 4) is 0 Å². The standard InChI is InChI=1S/C10H14N2O6/c1-2-11-7(13)5-17-6-10(16)18-12-8(14)3-4-9(12)15/h2-6H2,1H3,(H,11,13). The van der Waals surface area contributed by atoms with Gasteiger partial charge in [0.2, 0.25) is 5.91 Å². The SMILES string of the molecule is CCNC(=O)COCC(=O)ON1C(=O)CCC1=O. The molecule has 8 heteroatoms. The lowest BCUT2D eigenvalue weighted by molar-refractivity contribution is -0.200. The molecule has 1 heterocycles. The number of amides is 3. The molecule has 18 heavy (non-hydrogen) atoms. The Balaban J connectivity index is 2.23. The average molecular weight is 258 g/mol. The Morgan fingerprint density at radius 2 is 1.83 bits per heavy atom. The number of hydroxylamine groups is 2. The molecule has 0 unspecified atom stereocenters. The normalized spacial score (nSPS) is 14.8. The van der Waals surface area contributed by atoms with E-state index >= 15 is 0 Å². The third-order valence-corrected chi connectivity index (χ3v) is 2.03. The number of rotatable bonds is 6. The number of hydrogen-bond acceptors (Lipinski definition) is 6. The molecular weight excluding hydrogens is 244 g/mol. The van der Waals surface area contributed by atoms with Crippen molar-refractivity contribution >= 4 is 23.7 Å². The van der Waals surface area contributed by atoms with Crippen molar-refractivity contribution in [2.45, 2.75) is 19.8 Å². The molecule has 3 amide bonds. The molecule has 0 aromatic rings. The van der Waals surface area contributed by atoms with E-state index in [-0.39, 0.29) is 25.4 Å². The topological polar surface area (TPSA) is 102 Å². The molecule has 0 saturated carbocycles. The number of hydrogen-bond donors (Lipinski definition) is 1. The second-order valence-corrected chi connectivity index (χ2v) is 3.49. The molecule has 0 aliphatic carbocycles. The van der Waals surface area contributed by atoms with E-state index in [9.17, 15) is 19.2 Å². The highest BCUT2D eigenvalue weighted by Crippen LogP contribution is 2.11. The lowest BCUT2D eigenvalue weighted by Gasteiger charge is -2.12. The van der Waals surface area contributed by atoms with Gasteiger partial charge < -0.3 is 14.9 Å². The summed E-state index contributed by atoms with van der Waals surface area (Å²) in [4.78, 5) is 48.9. The Bertz CT molecular complexity index is 351. The van der Waals surface area contributed by atoms with E-state index in [1.54, 1.807) is 6.92 Å². The Kier molecular flexibility index (Phi) is 5.25. The van der Waals surface area contributed by atoms with Gasteiger partial charge in [0.25, 0.3) is 11.8 Å². The minimum Gasteiger partial charge on any atom is -0.360 e. The maximum Gasteiger partial charge on any atom is 0.358 e. The maximum atomic E-state index is 11.2. The maximum absolute atomic E-state index is 11.2. The van der Waals surface area contributed by atoms with Gasteiger partial charge >= 0.3 is 5.97 Å². The van der Waals surface area contributed by atoms with Crippen LogP contribution in [0.3, 0.4) is 0 Å². The summed E-state index contributed by atoms with van der Waals surface area (Å²) >= 11 is 0. The van der Waals surface area contributed by atoms with Gasteiger partial charge in [0.05, 0.1) is 0 Å². The fourth-order valence-corrected chi connectivity index (χ4v) is 1.26. The number of nitrogens with one attached hydrogen (secondary N) is 1. The minimum absolute atomic E-state index is 0.0336. The quantitative estimate of drug-likeness (QED) is 0.597. The first-order valence-electron chi connectivity index (χ1n) is 5.45. The van der Waals surface area contributed by atoms with Crippen LogP contribution in [0.15, 0.2) is 0 Å². The minimum atomic E-state index is -0.900. The van der Waals surface area contributed by atoms with E-state index in [2.05, 4.69) is 10.2 Å². The van der Waals surface area contributed by atoms with Gasteiger partial charge in [-0.2, -0.15) is 0 Å². The fraction of sp³-hybridized carbons (Fsp3) is 0.600. The second-order valence-electron chi connectivity index (χ2n) is 3.49. The lowest BCUT2D eigenvalue weighted by atomic mass is 10.4. The van der Waals surface area contributed by atoms with Gasteiger partial charge in [0, 0.05) is 19.4 Å². The molecule has 1 aliphatic rings. The molecule has 1 rings (SSSR count). The molecule has 0 spiro atoms. The van der Waals surface area contributed by atoms with Gasteiger partial charge in [0.15, 0.2) is 0 Å². The number of nitrogens with zero attached hydrogens (tertiary/aromatic N) is 1. The van der Waals surface area contributed by atoms with Crippen LogP contribution in [-0.2, 0) is 28.8 Å². The Hall–Kier alpha value is -1.96. The zero-order valence-corrected chi connectivity index (χ0v) is 9.93. The van der Waals surface area contributed by atoms with E-state index < -0.39 is 24.4 Å². The van der Waals surface area contributed by atoms with Gasteiger partial charge in [-0.25, -0.2) is 4.79 Å². The second kappa shape index (κ2) is 6.70. The molecule has 1 saturated heterocycles. The number of carbonyl (C=O) groups is 4. The summed E-state index contributed by atoms with van der Waals surface area (Å²) in [5.74, 6) is -2.38. The van der Waals surface area contributed by atoms with E-state index in [1.807, 2.05) is 0 Å². The van der Waals surface area contributed by atoms with Crippen molar-refractivity contribution in [2.75, 3.05) is 19.8 Å². The van der Waals surface area contributed by atoms with Crippen LogP contribution in [0.25, 0.3) is 0 Å². The number of imide groups is 1. The van der Waals surface area contributed by atoms with Crippen molar-refractivity contribution in [1.29, 1.82) is 0 Å². The highest BCUT2D eigenvalue weighted by molar-refractivity contribution is 6.01. The van der Waals surface area contributed by atoms with Crippen molar-refractivity contribution < 1.29 is 28.8 Å². The van der Waals surface area contributed by atoms with Crippen LogP contribution in [0.1, 0.15) is 19.8 Å². The summed E-state index contributed by atoms with van der Waals surface area (Å²) in [5, 5.41) is 2.90. The van der Waals surface area contributed by atoms with Crippen LogP contribution in [0.5, 0.6) is 0 Å². The van der Waals surface area contributed by atoms with E-state index in [0.29, 0.717) is 11.6 Å². The summed E-state index contributed by atoms with van der Waals surface area (Å²) in [5.41, 5.74) is 0. The van der Waals surface area contributed by atoms with E-state index in [1.165, 1.54) is 0 Å². The predicted octanol–water partition coefficient (Wildman–Crippen LogP) is -1.25. The molecule has 0 aromatic heterocycles. The van der Waals surface area contributed by atoms with Crippen LogP contribution < -0.4 is 5.32 Å². The van der Waals surface area contributed by atoms with Crippen molar-refractivity contribution in [3.63, 3.8) is 0 Å². The van der Waals surface area contributed by atoms with E-state index in [0.717, 1.165) is 0 Å². The summed E-state index contributed by atoms with van der Waals surface area (Å²) in [7, 11) is 0. The first-order chi connectivity index (χ1) is 8.54. The van der Waals surface area contributed by atoms with Gasteiger partial charge in [-0.1, -0.05) is 0 Å².